The predicted molar refractivity (Wildman–Crippen MR) is 112 cm³/mol. The number of hydrogen-bond acceptors (Lipinski definition) is 5. The molecule has 0 saturated carbocycles. The van der Waals surface area contributed by atoms with Gasteiger partial charge in [0.1, 0.15) is 0 Å². The normalized spacial score (nSPS) is 15.2. The highest BCUT2D eigenvalue weighted by Crippen LogP contribution is 2.29. The predicted octanol–water partition coefficient (Wildman–Crippen LogP) is 3.50. The highest BCUT2D eigenvalue weighted by Gasteiger charge is 2.19. The summed E-state index contributed by atoms with van der Waals surface area (Å²) in [6.07, 6.45) is 0. The van der Waals surface area contributed by atoms with Crippen molar-refractivity contribution in [1.29, 1.82) is 0 Å². The van der Waals surface area contributed by atoms with E-state index in [-0.39, 0.29) is 5.91 Å². The first-order valence-corrected chi connectivity index (χ1v) is 10.3. The van der Waals surface area contributed by atoms with Gasteiger partial charge in [-0.15, -0.1) is 0 Å². The van der Waals surface area contributed by atoms with Crippen molar-refractivity contribution in [2.75, 3.05) is 44.2 Å². The van der Waals surface area contributed by atoms with Crippen LogP contribution in [0.2, 0.25) is 5.02 Å². The molecule has 2 heterocycles. The molecule has 5 nitrogen and oxygen atoms in total. The molecule has 1 aromatic heterocycles. The largest absolute Gasteiger partial charge is 0.351 e. The minimum Gasteiger partial charge on any atom is -0.351 e. The molecule has 1 aliphatic heterocycles. The Morgan fingerprint density at radius 1 is 1.07 bits per heavy atom. The third kappa shape index (κ3) is 4.40. The van der Waals surface area contributed by atoms with Gasteiger partial charge in [0.15, 0.2) is 5.13 Å². The number of nitrogens with one attached hydrogen (secondary N) is 1. The van der Waals surface area contributed by atoms with Gasteiger partial charge in [-0.25, -0.2) is 4.98 Å². The zero-order valence-electron chi connectivity index (χ0n) is 14.9. The van der Waals surface area contributed by atoms with Crippen LogP contribution in [0.25, 0.3) is 10.2 Å². The molecule has 7 heteroatoms. The van der Waals surface area contributed by atoms with Crippen molar-refractivity contribution in [3.8, 4) is 0 Å². The number of aromatic nitrogens is 1. The molecule has 0 atom stereocenters. The molecule has 0 radical (unpaired) electrons. The minimum atomic E-state index is -0.0558. The monoisotopic (exact) mass is 400 g/mol. The van der Waals surface area contributed by atoms with E-state index >= 15 is 0 Å². The van der Waals surface area contributed by atoms with Crippen LogP contribution in [-0.2, 0) is 0 Å². The van der Waals surface area contributed by atoms with E-state index in [0.29, 0.717) is 17.1 Å². The van der Waals surface area contributed by atoms with Crippen LogP contribution in [0.5, 0.6) is 0 Å². The lowest BCUT2D eigenvalue weighted by Gasteiger charge is -2.34. The van der Waals surface area contributed by atoms with Gasteiger partial charge < -0.3 is 10.2 Å². The van der Waals surface area contributed by atoms with Gasteiger partial charge in [0, 0.05) is 49.9 Å². The maximum atomic E-state index is 12.1. The number of anilines is 1. The molecule has 2 aromatic carbocycles. The molecule has 4 rings (SSSR count). The standard InChI is InChI=1S/C20H21ClN4OS/c21-16-7-5-15(6-8-16)19(26)22-9-10-24-11-13-25(14-12-24)20-23-17-3-1-2-4-18(17)27-20/h1-8H,9-14H2,(H,22,26). The van der Waals surface area contributed by atoms with Crippen LogP contribution in [0.4, 0.5) is 5.13 Å². The van der Waals surface area contributed by atoms with Gasteiger partial charge in [0.2, 0.25) is 0 Å². The van der Waals surface area contributed by atoms with Gasteiger partial charge >= 0.3 is 0 Å². The van der Waals surface area contributed by atoms with Gasteiger partial charge in [-0.3, -0.25) is 9.69 Å². The second-order valence-electron chi connectivity index (χ2n) is 6.56. The van der Waals surface area contributed by atoms with E-state index in [1.165, 1.54) is 4.70 Å². The quantitative estimate of drug-likeness (QED) is 0.712. The number of halogens is 1. The van der Waals surface area contributed by atoms with E-state index in [9.17, 15) is 4.79 Å². The van der Waals surface area contributed by atoms with Crippen molar-refractivity contribution >= 4 is 44.2 Å². The molecule has 0 spiro atoms. The van der Waals surface area contributed by atoms with Crippen molar-refractivity contribution in [3.63, 3.8) is 0 Å². The van der Waals surface area contributed by atoms with E-state index in [1.54, 1.807) is 35.6 Å². The van der Waals surface area contributed by atoms with Crippen LogP contribution in [0.1, 0.15) is 10.4 Å². The number of rotatable bonds is 5. The number of carbonyl (C=O) groups is 1. The van der Waals surface area contributed by atoms with Gasteiger partial charge in [-0.1, -0.05) is 35.1 Å². The number of carbonyl (C=O) groups excluding carboxylic acids is 1. The fourth-order valence-corrected chi connectivity index (χ4v) is 4.33. The van der Waals surface area contributed by atoms with Crippen LogP contribution >= 0.6 is 22.9 Å². The lowest BCUT2D eigenvalue weighted by molar-refractivity contribution is 0.0948. The molecule has 1 amide bonds. The first-order chi connectivity index (χ1) is 13.2. The molecule has 0 aliphatic carbocycles. The van der Waals surface area contributed by atoms with Crippen LogP contribution < -0.4 is 10.2 Å². The SMILES string of the molecule is O=C(NCCN1CCN(c2nc3ccccc3s2)CC1)c1ccc(Cl)cc1. The highest BCUT2D eigenvalue weighted by molar-refractivity contribution is 7.22. The van der Waals surface area contributed by atoms with Gasteiger partial charge in [0.25, 0.3) is 5.91 Å². The number of nitrogens with zero attached hydrogens (tertiary/aromatic N) is 3. The Balaban J connectivity index is 1.23. The summed E-state index contributed by atoms with van der Waals surface area (Å²) >= 11 is 7.61. The zero-order chi connectivity index (χ0) is 18.6. The van der Waals surface area contributed by atoms with Crippen molar-refractivity contribution < 1.29 is 4.79 Å². The lowest BCUT2D eigenvalue weighted by Crippen LogP contribution is -2.48. The molecule has 0 unspecified atom stereocenters. The molecule has 140 valence electrons. The van der Waals surface area contributed by atoms with Crippen LogP contribution in [0.15, 0.2) is 48.5 Å². The Labute approximate surface area is 167 Å². The summed E-state index contributed by atoms with van der Waals surface area (Å²) in [5.41, 5.74) is 1.71. The second kappa shape index (κ2) is 8.25. The summed E-state index contributed by atoms with van der Waals surface area (Å²) in [7, 11) is 0. The minimum absolute atomic E-state index is 0.0558. The second-order valence-corrected chi connectivity index (χ2v) is 8.00. The Morgan fingerprint density at radius 2 is 1.81 bits per heavy atom. The summed E-state index contributed by atoms with van der Waals surface area (Å²) in [5.74, 6) is -0.0558. The van der Waals surface area contributed by atoms with E-state index < -0.39 is 0 Å². The Bertz CT molecular complexity index is 886. The molecule has 1 aliphatic rings. The van der Waals surface area contributed by atoms with E-state index in [1.807, 2.05) is 6.07 Å². The van der Waals surface area contributed by atoms with Gasteiger partial charge in [-0.05, 0) is 36.4 Å². The van der Waals surface area contributed by atoms with E-state index in [2.05, 4.69) is 33.3 Å². The summed E-state index contributed by atoms with van der Waals surface area (Å²) in [5, 5.41) is 4.72. The number of piperazine rings is 1. The fourth-order valence-electron chi connectivity index (χ4n) is 3.19. The molecule has 0 bridgehead atoms. The summed E-state index contributed by atoms with van der Waals surface area (Å²) in [6.45, 7) is 5.38. The van der Waals surface area contributed by atoms with Crippen molar-refractivity contribution in [3.05, 3.63) is 59.1 Å². The average molecular weight is 401 g/mol. The number of para-hydroxylation sites is 1. The third-order valence-corrected chi connectivity index (χ3v) is 6.09. The summed E-state index contributed by atoms with van der Waals surface area (Å²) in [4.78, 5) is 21.6. The van der Waals surface area contributed by atoms with Crippen molar-refractivity contribution in [2.45, 2.75) is 0 Å². The van der Waals surface area contributed by atoms with E-state index in [4.69, 9.17) is 16.6 Å². The number of amides is 1. The Morgan fingerprint density at radius 3 is 2.56 bits per heavy atom. The number of fused-ring (bicyclic) bond motifs is 1. The van der Waals surface area contributed by atoms with Crippen LogP contribution in [-0.4, -0.2) is 55.1 Å². The molecular formula is C20H21ClN4OS. The highest BCUT2D eigenvalue weighted by atomic mass is 35.5. The molecule has 1 N–H and O–H groups in total. The first-order valence-electron chi connectivity index (χ1n) is 9.06. The zero-order valence-corrected chi connectivity index (χ0v) is 16.5. The maximum Gasteiger partial charge on any atom is 0.251 e. The number of thiazole rings is 1. The van der Waals surface area contributed by atoms with Gasteiger partial charge in [-0.2, -0.15) is 0 Å². The third-order valence-electron chi connectivity index (χ3n) is 4.75. The summed E-state index contributed by atoms with van der Waals surface area (Å²) in [6, 6.07) is 15.2. The topological polar surface area (TPSA) is 48.5 Å². The Hall–Kier alpha value is -2.15. The molecule has 3 aromatic rings. The summed E-state index contributed by atoms with van der Waals surface area (Å²) < 4.78 is 1.24. The Kier molecular flexibility index (Phi) is 5.57. The molecular weight excluding hydrogens is 380 g/mol. The maximum absolute atomic E-state index is 12.1. The smallest absolute Gasteiger partial charge is 0.251 e. The van der Waals surface area contributed by atoms with Gasteiger partial charge in [0.05, 0.1) is 10.2 Å². The average Bonchev–Trinajstić information content (AvgIpc) is 3.13. The number of benzene rings is 2. The van der Waals surface area contributed by atoms with Crippen molar-refractivity contribution in [2.24, 2.45) is 0 Å². The van der Waals surface area contributed by atoms with Crippen molar-refractivity contribution in [1.82, 2.24) is 15.2 Å². The van der Waals surface area contributed by atoms with Crippen LogP contribution in [0, 0.1) is 0 Å². The number of hydrogen-bond donors (Lipinski definition) is 1. The molecule has 27 heavy (non-hydrogen) atoms. The first kappa shape index (κ1) is 18.2. The molecule has 1 saturated heterocycles. The van der Waals surface area contributed by atoms with Crippen LogP contribution in [0.3, 0.4) is 0 Å². The fraction of sp³-hybridized carbons (Fsp3) is 0.300. The molecule has 1 fully saturated rings. The lowest BCUT2D eigenvalue weighted by atomic mass is 10.2. The van der Waals surface area contributed by atoms with E-state index in [0.717, 1.165) is 43.4 Å².